The summed E-state index contributed by atoms with van der Waals surface area (Å²) in [6.45, 7) is 1.97. The molecule has 0 spiro atoms. The number of rotatable bonds is 7. The Labute approximate surface area is 108 Å². The number of hydroxylamine groups is 1. The van der Waals surface area contributed by atoms with Crippen molar-refractivity contribution in [1.82, 2.24) is 4.47 Å². The van der Waals surface area contributed by atoms with Crippen molar-refractivity contribution < 1.29 is 47.7 Å². The van der Waals surface area contributed by atoms with E-state index in [2.05, 4.69) is 6.92 Å². The van der Waals surface area contributed by atoms with E-state index in [4.69, 9.17) is 5.21 Å². The van der Waals surface area contributed by atoms with Crippen LogP contribution in [-0.2, 0) is 10.3 Å². The summed E-state index contributed by atoms with van der Waals surface area (Å²) >= 11 is 0. The molecule has 0 heterocycles. The fourth-order valence-corrected chi connectivity index (χ4v) is 1.32. The van der Waals surface area contributed by atoms with E-state index in [1.807, 2.05) is 0 Å². The van der Waals surface area contributed by atoms with Gasteiger partial charge in [-0.2, -0.15) is 0 Å². The first kappa shape index (κ1) is 17.2. The standard InChI is InChI=1S/C7H17NO4S.Na/c1-2-3-4-5-6-7-8(9)13(10,11)12;/h9H,2-7H2,1H3,(H,10,11,12);/q;+1/p-1. The Morgan fingerprint density at radius 1 is 1.21 bits per heavy atom. The van der Waals surface area contributed by atoms with E-state index in [0.717, 1.165) is 25.7 Å². The Morgan fingerprint density at radius 3 is 2.14 bits per heavy atom. The normalized spacial score (nSPS) is 11.4. The molecule has 0 unspecified atom stereocenters. The molecule has 0 saturated carbocycles. The van der Waals surface area contributed by atoms with Crippen LogP contribution in [0.4, 0.5) is 0 Å². The van der Waals surface area contributed by atoms with Gasteiger partial charge in [-0.15, -0.1) is 0 Å². The van der Waals surface area contributed by atoms with Gasteiger partial charge in [0.2, 0.25) is 0 Å². The third-order valence-corrected chi connectivity index (χ3v) is 2.41. The second-order valence-corrected chi connectivity index (χ2v) is 4.19. The summed E-state index contributed by atoms with van der Waals surface area (Å²) in [4.78, 5) is 0. The molecule has 0 aliphatic rings. The minimum Gasteiger partial charge on any atom is -0.734 e. The molecular formula is C7H16NNaO4S. The van der Waals surface area contributed by atoms with E-state index in [-0.39, 0.29) is 40.6 Å². The second-order valence-electron chi connectivity index (χ2n) is 2.92. The van der Waals surface area contributed by atoms with Gasteiger partial charge in [-0.3, -0.25) is 0 Å². The minimum absolute atomic E-state index is 0. The van der Waals surface area contributed by atoms with Crippen LogP contribution < -0.4 is 29.6 Å². The molecule has 5 nitrogen and oxygen atoms in total. The van der Waals surface area contributed by atoms with Crippen LogP contribution in [0.3, 0.4) is 0 Å². The van der Waals surface area contributed by atoms with E-state index in [9.17, 15) is 13.0 Å². The van der Waals surface area contributed by atoms with Gasteiger partial charge < -0.3 is 9.76 Å². The van der Waals surface area contributed by atoms with E-state index in [1.54, 1.807) is 0 Å². The zero-order valence-electron chi connectivity index (χ0n) is 8.77. The summed E-state index contributed by atoms with van der Waals surface area (Å²) in [5.41, 5.74) is 0. The molecule has 0 atom stereocenters. The molecule has 1 N–H and O–H groups in total. The van der Waals surface area contributed by atoms with Crippen molar-refractivity contribution in [3.05, 3.63) is 0 Å². The Bertz CT molecular complexity index is 220. The summed E-state index contributed by atoms with van der Waals surface area (Å²) in [6, 6.07) is 0. The van der Waals surface area contributed by atoms with Gasteiger partial charge in [-0.05, 0) is 6.42 Å². The van der Waals surface area contributed by atoms with Crippen molar-refractivity contribution >= 4 is 10.3 Å². The minimum atomic E-state index is -4.66. The van der Waals surface area contributed by atoms with E-state index < -0.39 is 10.3 Å². The third kappa shape index (κ3) is 9.39. The molecular weight excluding hydrogens is 217 g/mol. The van der Waals surface area contributed by atoms with Crippen LogP contribution in [0.1, 0.15) is 39.0 Å². The number of hydrogen-bond acceptors (Lipinski definition) is 4. The van der Waals surface area contributed by atoms with Crippen LogP contribution in [0.2, 0.25) is 0 Å². The molecule has 0 saturated heterocycles. The van der Waals surface area contributed by atoms with Crippen molar-refractivity contribution in [2.24, 2.45) is 0 Å². The third-order valence-electron chi connectivity index (χ3n) is 1.71. The van der Waals surface area contributed by atoms with Crippen molar-refractivity contribution in [2.75, 3.05) is 6.54 Å². The maximum absolute atomic E-state index is 10.2. The second kappa shape index (κ2) is 9.08. The maximum Gasteiger partial charge on any atom is 1.00 e. The molecule has 0 bridgehead atoms. The first-order valence-corrected chi connectivity index (χ1v) is 5.77. The van der Waals surface area contributed by atoms with Gasteiger partial charge in [0.15, 0.2) is 10.3 Å². The van der Waals surface area contributed by atoms with Crippen LogP contribution >= 0.6 is 0 Å². The summed E-state index contributed by atoms with van der Waals surface area (Å²) in [7, 11) is -4.66. The van der Waals surface area contributed by atoms with Gasteiger partial charge in [0.1, 0.15) is 0 Å². The zero-order chi connectivity index (χ0) is 10.3. The quantitative estimate of drug-likeness (QED) is 0.241. The topological polar surface area (TPSA) is 80.7 Å². The molecule has 0 aromatic carbocycles. The molecule has 0 radical (unpaired) electrons. The summed E-state index contributed by atoms with van der Waals surface area (Å²) in [6.07, 6.45) is 4.56. The monoisotopic (exact) mass is 233 g/mol. The predicted molar refractivity (Wildman–Crippen MR) is 46.9 cm³/mol. The largest absolute Gasteiger partial charge is 1.00 e. The molecule has 0 aromatic rings. The molecule has 0 rings (SSSR count). The van der Waals surface area contributed by atoms with Crippen LogP contribution in [-0.4, -0.2) is 29.2 Å². The Kier molecular flexibility index (Phi) is 11.2. The van der Waals surface area contributed by atoms with Gasteiger partial charge in [0.25, 0.3) is 0 Å². The van der Waals surface area contributed by atoms with Crippen molar-refractivity contribution in [2.45, 2.75) is 39.0 Å². The fourth-order valence-electron chi connectivity index (χ4n) is 0.962. The molecule has 0 aliphatic carbocycles. The summed E-state index contributed by atoms with van der Waals surface area (Å²) in [5, 5.41) is 8.68. The Balaban J connectivity index is 0. The molecule has 7 heteroatoms. The maximum atomic E-state index is 10.2. The van der Waals surface area contributed by atoms with Gasteiger partial charge in [0, 0.05) is 6.54 Å². The first-order valence-electron chi connectivity index (χ1n) is 4.41. The van der Waals surface area contributed by atoms with Crippen LogP contribution in [0.15, 0.2) is 0 Å². The van der Waals surface area contributed by atoms with Crippen molar-refractivity contribution in [3.8, 4) is 0 Å². The SMILES string of the molecule is CCCCCCCN(O)S(=O)(=O)[O-].[Na+]. The van der Waals surface area contributed by atoms with E-state index in [1.165, 1.54) is 0 Å². The Morgan fingerprint density at radius 2 is 1.71 bits per heavy atom. The molecule has 0 aromatic heterocycles. The van der Waals surface area contributed by atoms with Gasteiger partial charge in [-0.1, -0.05) is 37.1 Å². The van der Waals surface area contributed by atoms with Gasteiger partial charge in [0.05, 0.1) is 0 Å². The van der Waals surface area contributed by atoms with Gasteiger partial charge >= 0.3 is 29.6 Å². The van der Waals surface area contributed by atoms with E-state index >= 15 is 0 Å². The molecule has 80 valence electrons. The predicted octanol–water partition coefficient (Wildman–Crippen LogP) is -1.89. The molecule has 0 aliphatic heterocycles. The number of hydrogen-bond donors (Lipinski definition) is 1. The molecule has 0 fully saturated rings. The summed E-state index contributed by atoms with van der Waals surface area (Å²) < 4.78 is 30.4. The summed E-state index contributed by atoms with van der Waals surface area (Å²) in [5.74, 6) is 0. The zero-order valence-corrected chi connectivity index (χ0v) is 11.6. The average molecular weight is 233 g/mol. The van der Waals surface area contributed by atoms with Crippen LogP contribution in [0.25, 0.3) is 0 Å². The number of unbranched alkanes of at least 4 members (excludes halogenated alkanes) is 4. The van der Waals surface area contributed by atoms with Crippen molar-refractivity contribution in [3.63, 3.8) is 0 Å². The Hall–Kier alpha value is 0.830. The average Bonchev–Trinajstić information content (AvgIpc) is 2.02. The molecule has 14 heavy (non-hydrogen) atoms. The number of nitrogens with zero attached hydrogens (tertiary/aromatic N) is 1. The van der Waals surface area contributed by atoms with Crippen LogP contribution in [0, 0.1) is 0 Å². The van der Waals surface area contributed by atoms with Gasteiger partial charge in [-0.25, -0.2) is 8.42 Å². The van der Waals surface area contributed by atoms with E-state index in [0.29, 0.717) is 6.42 Å². The molecule has 0 amide bonds. The fraction of sp³-hybridized carbons (Fsp3) is 1.00. The van der Waals surface area contributed by atoms with Crippen LogP contribution in [0.5, 0.6) is 0 Å². The smallest absolute Gasteiger partial charge is 0.734 e. The van der Waals surface area contributed by atoms with Crippen molar-refractivity contribution in [1.29, 1.82) is 0 Å². The first-order chi connectivity index (χ1) is 5.98.